The Morgan fingerprint density at radius 1 is 0.400 bits per heavy atom. The third-order valence-electron chi connectivity index (χ3n) is 7.70. The molecule has 2 aromatic rings. The highest BCUT2D eigenvalue weighted by Gasteiger charge is 2.16. The molecule has 0 fully saturated rings. The second kappa shape index (κ2) is 20.3. The largest absolute Gasteiger partial charge is 0.0649 e. The van der Waals surface area contributed by atoms with Gasteiger partial charge in [-0.25, -0.2) is 0 Å². The predicted octanol–water partition coefficient (Wildman–Crippen LogP) is 14.1. The Hall–Kier alpha value is -1.56. The lowest BCUT2D eigenvalue weighted by Crippen LogP contribution is -2.14. The molecule has 0 N–H and O–H groups in total. The van der Waals surface area contributed by atoms with E-state index in [-0.39, 0.29) is 0 Å². The van der Waals surface area contributed by atoms with Crippen LogP contribution in [0.2, 0.25) is 0 Å². The first-order valence-electron chi connectivity index (χ1n) is 16.1. The van der Waals surface area contributed by atoms with E-state index in [1.54, 1.807) is 0 Å². The van der Waals surface area contributed by atoms with E-state index in [1.165, 1.54) is 43.2 Å². The molecule has 234 valence electrons. The average molecular weight is 555 g/mol. The highest BCUT2D eigenvalue weighted by atomic mass is 14.2. The summed E-state index contributed by atoms with van der Waals surface area (Å²) in [5.74, 6) is 0. The van der Waals surface area contributed by atoms with E-state index in [1.807, 2.05) is 0 Å². The standard InChI is InChI=1S/C11H16.C10H14.C8H18.C6H14.C5H12/c1-4-11(2,3)10-8-6-5-7-9-10;1-10(2,3)9-7-5-4-6-8-9;1-5-8(4,6-2)7-3;1-5-6(2,3)4;1-5(2,3)4/h5-9H,4H2,1-3H3;4-8H,1-3H3;5-7H2,1-4H3;5H2,1-4H3;1-4H3. The van der Waals surface area contributed by atoms with Crippen LogP contribution in [0, 0.1) is 16.2 Å². The molecular formula is C40H74. The predicted molar refractivity (Wildman–Crippen MR) is 189 cm³/mol. The third-order valence-corrected chi connectivity index (χ3v) is 7.70. The fourth-order valence-electron chi connectivity index (χ4n) is 2.78. The van der Waals surface area contributed by atoms with Crippen LogP contribution in [0.3, 0.4) is 0 Å². The lowest BCUT2D eigenvalue weighted by atomic mass is 9.82. The molecule has 40 heavy (non-hydrogen) atoms. The Labute approximate surface area is 255 Å². The maximum absolute atomic E-state index is 2.35. The first kappa shape index (κ1) is 42.9. The minimum atomic E-state index is 0.293. The molecule has 0 atom stereocenters. The quantitative estimate of drug-likeness (QED) is 0.345. The molecule has 0 aliphatic heterocycles. The summed E-state index contributed by atoms with van der Waals surface area (Å²) in [5, 5.41) is 0. The number of benzene rings is 2. The van der Waals surface area contributed by atoms with E-state index in [0.29, 0.717) is 27.1 Å². The van der Waals surface area contributed by atoms with Gasteiger partial charge in [0.25, 0.3) is 0 Å². The lowest BCUT2D eigenvalue weighted by Gasteiger charge is -2.23. The van der Waals surface area contributed by atoms with Crippen LogP contribution in [0.1, 0.15) is 168 Å². The molecule has 0 bridgehead atoms. The molecule has 0 amide bonds. The fraction of sp³-hybridized carbons (Fsp3) is 0.700. The first-order chi connectivity index (χ1) is 18.0. The molecule has 0 unspecified atom stereocenters. The number of hydrogen-bond donors (Lipinski definition) is 0. The summed E-state index contributed by atoms with van der Waals surface area (Å²) in [4.78, 5) is 0. The van der Waals surface area contributed by atoms with Gasteiger partial charge in [0.05, 0.1) is 0 Å². The van der Waals surface area contributed by atoms with Gasteiger partial charge in [0, 0.05) is 0 Å². The SMILES string of the molecule is CC(C)(C)C.CC(C)(C)c1ccccc1.CCC(C)(C)C.CCC(C)(C)c1ccccc1.CCC(C)(CC)CC. The van der Waals surface area contributed by atoms with E-state index in [2.05, 4.69) is 185 Å². The van der Waals surface area contributed by atoms with Gasteiger partial charge in [-0.15, -0.1) is 0 Å². The molecule has 2 rings (SSSR count). The van der Waals surface area contributed by atoms with Gasteiger partial charge in [0.15, 0.2) is 0 Å². The van der Waals surface area contributed by atoms with Gasteiger partial charge < -0.3 is 0 Å². The van der Waals surface area contributed by atoms with Crippen LogP contribution in [0.15, 0.2) is 60.7 Å². The molecule has 0 spiro atoms. The van der Waals surface area contributed by atoms with Crippen LogP contribution in [-0.2, 0) is 10.8 Å². The van der Waals surface area contributed by atoms with Crippen molar-refractivity contribution in [2.45, 2.75) is 168 Å². The highest BCUT2D eigenvalue weighted by Crippen LogP contribution is 2.28. The van der Waals surface area contributed by atoms with Crippen LogP contribution < -0.4 is 0 Å². The second-order valence-electron chi connectivity index (χ2n) is 16.0. The molecule has 0 aromatic heterocycles. The zero-order valence-electron chi connectivity index (χ0n) is 30.8. The van der Waals surface area contributed by atoms with Crippen molar-refractivity contribution in [3.05, 3.63) is 71.8 Å². The van der Waals surface area contributed by atoms with Gasteiger partial charge >= 0.3 is 0 Å². The fourth-order valence-corrected chi connectivity index (χ4v) is 2.78. The Morgan fingerprint density at radius 2 is 0.675 bits per heavy atom. The van der Waals surface area contributed by atoms with Crippen molar-refractivity contribution in [1.29, 1.82) is 0 Å². The van der Waals surface area contributed by atoms with Crippen LogP contribution in [-0.4, -0.2) is 0 Å². The Kier molecular flexibility index (Phi) is 21.8. The van der Waals surface area contributed by atoms with Crippen molar-refractivity contribution in [1.82, 2.24) is 0 Å². The zero-order chi connectivity index (χ0) is 32.3. The smallest absolute Gasteiger partial charge is 0.0106 e. The van der Waals surface area contributed by atoms with Gasteiger partial charge in [-0.2, -0.15) is 0 Å². The van der Waals surface area contributed by atoms with Crippen molar-refractivity contribution in [3.63, 3.8) is 0 Å². The monoisotopic (exact) mass is 555 g/mol. The van der Waals surface area contributed by atoms with Gasteiger partial charge in [0.2, 0.25) is 0 Å². The summed E-state index contributed by atoms with van der Waals surface area (Å²) < 4.78 is 0. The third kappa shape index (κ3) is 26.7. The molecule has 0 radical (unpaired) electrons. The summed E-state index contributed by atoms with van der Waals surface area (Å²) >= 11 is 0. The minimum absolute atomic E-state index is 0.293. The van der Waals surface area contributed by atoms with Crippen LogP contribution in [0.25, 0.3) is 0 Å². The summed E-state index contributed by atoms with van der Waals surface area (Å²) in [7, 11) is 0. The van der Waals surface area contributed by atoms with E-state index in [0.717, 1.165) is 0 Å². The second-order valence-corrected chi connectivity index (χ2v) is 16.0. The number of rotatable bonds is 5. The molecule has 0 saturated carbocycles. The Morgan fingerprint density at radius 3 is 0.825 bits per heavy atom. The summed E-state index contributed by atoms with van der Waals surface area (Å²) in [6, 6.07) is 21.2. The molecule has 0 aliphatic rings. The van der Waals surface area contributed by atoms with Crippen molar-refractivity contribution < 1.29 is 0 Å². The summed E-state index contributed by atoms with van der Waals surface area (Å²) in [5.41, 5.74) is 5.13. The molecule has 0 heteroatoms. The van der Waals surface area contributed by atoms with Gasteiger partial charge in [0.1, 0.15) is 0 Å². The molecule has 0 aliphatic carbocycles. The van der Waals surface area contributed by atoms with Crippen LogP contribution >= 0.6 is 0 Å². The van der Waals surface area contributed by atoms with Gasteiger partial charge in [-0.3, -0.25) is 0 Å². The van der Waals surface area contributed by atoms with E-state index >= 15 is 0 Å². The maximum Gasteiger partial charge on any atom is -0.0106 e. The topological polar surface area (TPSA) is 0 Å². The summed E-state index contributed by atoms with van der Waals surface area (Å²) in [6.45, 7) is 40.3. The molecule has 0 heterocycles. The van der Waals surface area contributed by atoms with Gasteiger partial charge in [-0.1, -0.05) is 211 Å². The zero-order valence-corrected chi connectivity index (χ0v) is 30.8. The van der Waals surface area contributed by atoms with Crippen LogP contribution in [0.4, 0.5) is 0 Å². The van der Waals surface area contributed by atoms with Crippen molar-refractivity contribution in [2.75, 3.05) is 0 Å². The van der Waals surface area contributed by atoms with Crippen molar-refractivity contribution in [3.8, 4) is 0 Å². The molecule has 0 nitrogen and oxygen atoms in total. The highest BCUT2D eigenvalue weighted by molar-refractivity contribution is 5.23. The molecular weight excluding hydrogens is 480 g/mol. The average Bonchev–Trinajstić information content (AvgIpc) is 2.88. The first-order valence-corrected chi connectivity index (χ1v) is 16.1. The van der Waals surface area contributed by atoms with E-state index in [9.17, 15) is 0 Å². The maximum atomic E-state index is 2.35. The summed E-state index contributed by atoms with van der Waals surface area (Å²) in [6.07, 6.45) is 6.42. The lowest BCUT2D eigenvalue weighted by molar-refractivity contribution is 0.286. The Balaban J connectivity index is -0.000000441. The van der Waals surface area contributed by atoms with E-state index < -0.39 is 0 Å². The molecule has 2 aromatic carbocycles. The van der Waals surface area contributed by atoms with Crippen molar-refractivity contribution >= 4 is 0 Å². The van der Waals surface area contributed by atoms with Crippen LogP contribution in [0.5, 0.6) is 0 Å². The van der Waals surface area contributed by atoms with Gasteiger partial charge in [-0.05, 0) is 44.6 Å². The van der Waals surface area contributed by atoms with E-state index in [4.69, 9.17) is 0 Å². The normalized spacial score (nSPS) is 11.8. The Bertz CT molecular complexity index is 786. The van der Waals surface area contributed by atoms with Crippen molar-refractivity contribution in [2.24, 2.45) is 16.2 Å². The number of hydrogen-bond acceptors (Lipinski definition) is 0. The minimum Gasteiger partial charge on any atom is -0.0649 e. The molecule has 0 saturated heterocycles.